The molecule has 6 N–H and O–H groups in total. The van der Waals surface area contributed by atoms with Gasteiger partial charge in [0.1, 0.15) is 11.5 Å². The molecule has 0 spiro atoms. The van der Waals surface area contributed by atoms with Crippen LogP contribution < -0.4 is 15.2 Å². The molecule has 0 saturated carbocycles. The molecule has 1 atom stereocenters. The van der Waals surface area contributed by atoms with Crippen LogP contribution in [0.15, 0.2) is 17.0 Å². The molecule has 0 heterocycles. The van der Waals surface area contributed by atoms with Gasteiger partial charge in [0.05, 0.1) is 35.5 Å². The second-order valence-electron chi connectivity index (χ2n) is 5.98. The van der Waals surface area contributed by atoms with Gasteiger partial charge in [-0.2, -0.15) is 0 Å². The first-order chi connectivity index (χ1) is 10.3. The van der Waals surface area contributed by atoms with Gasteiger partial charge in [-0.25, -0.2) is 0 Å². The van der Waals surface area contributed by atoms with Gasteiger partial charge >= 0.3 is 0 Å². The van der Waals surface area contributed by atoms with Crippen molar-refractivity contribution < 1.29 is 34.1 Å². The molecule has 0 fully saturated rings. The van der Waals surface area contributed by atoms with E-state index in [4.69, 9.17) is 15.2 Å². The summed E-state index contributed by atoms with van der Waals surface area (Å²) in [5.41, 5.74) is 4.54. The van der Waals surface area contributed by atoms with Gasteiger partial charge in [-0.1, -0.05) is 0 Å². The lowest BCUT2D eigenvalue weighted by Gasteiger charge is -2.33. The summed E-state index contributed by atoms with van der Waals surface area (Å²) in [6, 6.07) is 2.37. The largest absolute Gasteiger partial charge is 0.496 e. The Bertz CT molecular complexity index is 602. The Labute approximate surface area is 136 Å². The number of aliphatic hydroxyl groups is 4. The molecule has 23 heavy (non-hydrogen) atoms. The lowest BCUT2D eigenvalue weighted by Crippen LogP contribution is -2.58. The van der Waals surface area contributed by atoms with Crippen LogP contribution in [0.1, 0.15) is 26.3 Å². The zero-order valence-corrected chi connectivity index (χ0v) is 14.5. The van der Waals surface area contributed by atoms with Crippen molar-refractivity contribution in [3.05, 3.63) is 17.7 Å². The number of benzene rings is 1. The topological polar surface area (TPSA) is 142 Å². The summed E-state index contributed by atoms with van der Waals surface area (Å²) >= 11 is 0. The van der Waals surface area contributed by atoms with Gasteiger partial charge < -0.3 is 29.9 Å². The lowest BCUT2D eigenvalue weighted by atomic mass is 10.0. The molecule has 1 aromatic rings. The highest BCUT2D eigenvalue weighted by Gasteiger charge is 2.48. The van der Waals surface area contributed by atoms with Crippen LogP contribution in [-0.2, 0) is 16.6 Å². The van der Waals surface area contributed by atoms with Crippen molar-refractivity contribution in [2.75, 3.05) is 14.2 Å². The van der Waals surface area contributed by atoms with E-state index in [9.17, 15) is 24.6 Å². The van der Waals surface area contributed by atoms with E-state index >= 15 is 0 Å². The Hall–Kier alpha value is -1.23. The lowest BCUT2D eigenvalue weighted by molar-refractivity contribution is -0.363. The summed E-state index contributed by atoms with van der Waals surface area (Å²) in [4.78, 5) is 0.259. The normalized spacial score (nSPS) is 14.5. The fraction of sp³-hybridized carbons (Fsp3) is 0.571. The number of nitrogens with two attached hydrogens (primary N) is 1. The molecule has 8 nitrogen and oxygen atoms in total. The van der Waals surface area contributed by atoms with Crippen molar-refractivity contribution in [3.8, 4) is 11.5 Å². The molecule has 1 rings (SSSR count). The van der Waals surface area contributed by atoms with E-state index in [2.05, 4.69) is 0 Å². The maximum absolute atomic E-state index is 12.6. The molecular weight excluding hydrogens is 326 g/mol. The molecule has 0 saturated heterocycles. The highest BCUT2D eigenvalue weighted by molar-refractivity contribution is 7.86. The van der Waals surface area contributed by atoms with Gasteiger partial charge in [-0.3, -0.25) is 9.94 Å². The smallest absolute Gasteiger partial charge is 0.281 e. The van der Waals surface area contributed by atoms with Crippen molar-refractivity contribution in [2.24, 2.45) is 5.73 Å². The van der Waals surface area contributed by atoms with Crippen LogP contribution in [0.4, 0.5) is 0 Å². The first-order valence-electron chi connectivity index (χ1n) is 6.64. The van der Waals surface area contributed by atoms with Crippen molar-refractivity contribution in [1.29, 1.82) is 0 Å². The zero-order valence-electron chi connectivity index (χ0n) is 13.7. The Morgan fingerprint density at radius 3 is 1.83 bits per heavy atom. The average Bonchev–Trinajstić information content (AvgIpc) is 2.42. The maximum Gasteiger partial charge on any atom is 0.281 e. The number of rotatable bonds is 5. The molecule has 9 heteroatoms. The quantitative estimate of drug-likeness (QED) is 0.441. The minimum atomic E-state index is -3.35. The zero-order chi connectivity index (χ0) is 18.2. The van der Waals surface area contributed by atoms with Crippen LogP contribution in [0, 0.1) is 0 Å². The standard InChI is InChI=1S/C14H23NO7S/c1-12(2,3)23(20)11-7-9(21-4)8(6-10(11)22-5)13(16,17)14(15,18)19/h6-7,16-19H,15H2,1-5H3. The third kappa shape index (κ3) is 3.82. The van der Waals surface area contributed by atoms with Crippen LogP contribution in [0.25, 0.3) is 0 Å². The van der Waals surface area contributed by atoms with Crippen LogP contribution in [-0.4, -0.2) is 49.5 Å². The average molecular weight is 349 g/mol. The van der Waals surface area contributed by atoms with Gasteiger partial charge in [0.15, 0.2) is 0 Å². The number of methoxy groups -OCH3 is 2. The van der Waals surface area contributed by atoms with E-state index in [-0.39, 0.29) is 16.4 Å². The third-order valence-electron chi connectivity index (χ3n) is 3.13. The molecule has 0 aliphatic heterocycles. The van der Waals surface area contributed by atoms with E-state index in [1.165, 1.54) is 20.3 Å². The van der Waals surface area contributed by atoms with Gasteiger partial charge in [0.25, 0.3) is 11.7 Å². The minimum Gasteiger partial charge on any atom is -0.496 e. The molecule has 132 valence electrons. The SMILES string of the molecule is COc1cc(C(O)(O)C(N)(O)O)c(OC)cc1S(=O)C(C)(C)C. The Morgan fingerprint density at radius 1 is 1.00 bits per heavy atom. The van der Waals surface area contributed by atoms with Crippen molar-refractivity contribution in [3.63, 3.8) is 0 Å². The van der Waals surface area contributed by atoms with E-state index in [1.54, 1.807) is 20.8 Å². The summed E-state index contributed by atoms with van der Waals surface area (Å²) in [6.45, 7) is 5.28. The Morgan fingerprint density at radius 2 is 1.48 bits per heavy atom. The molecule has 0 amide bonds. The van der Waals surface area contributed by atoms with E-state index in [0.29, 0.717) is 0 Å². The van der Waals surface area contributed by atoms with E-state index in [1.807, 2.05) is 0 Å². The number of ether oxygens (including phenoxy) is 2. The predicted octanol–water partition coefficient (Wildman–Crippen LogP) is -0.656. The van der Waals surface area contributed by atoms with Crippen LogP contribution >= 0.6 is 0 Å². The first kappa shape index (κ1) is 19.8. The summed E-state index contributed by atoms with van der Waals surface area (Å²) in [7, 11) is 1.03. The second kappa shape index (κ2) is 6.34. The molecule has 0 aliphatic rings. The molecule has 0 bridgehead atoms. The summed E-state index contributed by atoms with van der Waals surface area (Å²) < 4.78 is 22.2. The Kier molecular flexibility index (Phi) is 5.47. The van der Waals surface area contributed by atoms with E-state index in [0.717, 1.165) is 6.07 Å². The second-order valence-corrected chi connectivity index (χ2v) is 8.18. The monoisotopic (exact) mass is 349 g/mol. The number of hydrogen-bond donors (Lipinski definition) is 5. The maximum atomic E-state index is 12.6. The first-order valence-corrected chi connectivity index (χ1v) is 7.79. The highest BCUT2D eigenvalue weighted by atomic mass is 32.2. The van der Waals surface area contributed by atoms with Gasteiger partial charge in [0.2, 0.25) is 0 Å². The highest BCUT2D eigenvalue weighted by Crippen LogP contribution is 2.40. The van der Waals surface area contributed by atoms with Crippen molar-refractivity contribution in [1.82, 2.24) is 0 Å². The molecule has 1 unspecified atom stereocenters. The fourth-order valence-electron chi connectivity index (χ4n) is 1.82. The van der Waals surface area contributed by atoms with Crippen LogP contribution in [0.3, 0.4) is 0 Å². The van der Waals surface area contributed by atoms with Crippen LogP contribution in [0.5, 0.6) is 11.5 Å². The summed E-state index contributed by atoms with van der Waals surface area (Å²) in [5, 5.41) is 38.7. The Balaban J connectivity index is 3.65. The third-order valence-corrected chi connectivity index (χ3v) is 4.96. The van der Waals surface area contributed by atoms with Gasteiger partial charge in [-0.05, 0) is 26.8 Å². The summed E-state index contributed by atoms with van der Waals surface area (Å²) in [6.07, 6.45) is 0. The summed E-state index contributed by atoms with van der Waals surface area (Å²) in [5.74, 6) is -6.67. The molecule has 0 aromatic heterocycles. The predicted molar refractivity (Wildman–Crippen MR) is 83.2 cm³/mol. The molecule has 0 radical (unpaired) electrons. The minimum absolute atomic E-state index is 0.0609. The fourth-order valence-corrected chi connectivity index (χ4v) is 3.01. The van der Waals surface area contributed by atoms with E-state index < -0.39 is 32.8 Å². The van der Waals surface area contributed by atoms with Crippen LogP contribution in [0.2, 0.25) is 0 Å². The van der Waals surface area contributed by atoms with Gasteiger partial charge in [0, 0.05) is 10.8 Å². The van der Waals surface area contributed by atoms with Crippen molar-refractivity contribution in [2.45, 2.75) is 42.1 Å². The molecule has 1 aromatic carbocycles. The van der Waals surface area contributed by atoms with Gasteiger partial charge in [-0.15, -0.1) is 0 Å². The molecular formula is C14H23NO7S. The molecule has 0 aliphatic carbocycles. The number of hydrogen-bond acceptors (Lipinski definition) is 8. The van der Waals surface area contributed by atoms with Crippen molar-refractivity contribution >= 4 is 10.8 Å².